The van der Waals surface area contributed by atoms with Crippen molar-refractivity contribution in [1.82, 2.24) is 4.90 Å². The highest BCUT2D eigenvalue weighted by atomic mass is 19.4. The lowest BCUT2D eigenvalue weighted by Crippen LogP contribution is -2.92. The van der Waals surface area contributed by atoms with Gasteiger partial charge >= 0.3 is 65.3 Å². The van der Waals surface area contributed by atoms with E-state index < -0.39 is 70.2 Å². The number of alkyl halides is 21. The van der Waals surface area contributed by atoms with Gasteiger partial charge in [0.2, 0.25) is 0 Å². The molecule has 1 heterocycles. The van der Waals surface area contributed by atoms with Gasteiger partial charge in [-0.15, -0.1) is 4.90 Å². The molecule has 1 aliphatic heterocycles. The Hall–Kier alpha value is -1.51. The molecule has 0 atom stereocenters. The minimum atomic E-state index is -8.91. The molecule has 2 fully saturated rings. The van der Waals surface area contributed by atoms with Crippen molar-refractivity contribution in [2.24, 2.45) is 0 Å². The highest BCUT2D eigenvalue weighted by Gasteiger charge is 3.10. The van der Waals surface area contributed by atoms with Crippen molar-refractivity contribution in [3.63, 3.8) is 0 Å². The summed E-state index contributed by atoms with van der Waals surface area (Å²) in [7, 11) is 0. The van der Waals surface area contributed by atoms with Crippen LogP contribution >= 0.6 is 0 Å². The summed E-state index contributed by atoms with van der Waals surface area (Å²) in [6, 6.07) is -16.4. The molecule has 0 aromatic heterocycles. The summed E-state index contributed by atoms with van der Waals surface area (Å²) in [6.07, 6.45) is -8.29. The van der Waals surface area contributed by atoms with Gasteiger partial charge in [-0.1, -0.05) is 0 Å². The van der Waals surface area contributed by atoms with Crippen molar-refractivity contribution in [3.05, 3.63) is 0 Å². The van der Waals surface area contributed by atoms with Gasteiger partial charge in [-0.05, 0) is 0 Å². The molecule has 0 aromatic carbocycles. The van der Waals surface area contributed by atoms with Gasteiger partial charge in [0.05, 0.1) is 0 Å². The first kappa shape index (κ1) is 27.7. The Balaban J connectivity index is 3.14. The van der Waals surface area contributed by atoms with E-state index in [4.69, 9.17) is 0 Å². The first-order valence-electron chi connectivity index (χ1n) is 7.14. The Morgan fingerprint density at radius 3 is 0.818 bits per heavy atom. The van der Waals surface area contributed by atoms with Crippen LogP contribution in [-0.4, -0.2) is 70.2 Å². The van der Waals surface area contributed by atoms with E-state index in [0.717, 1.165) is 0 Å². The van der Waals surface area contributed by atoms with E-state index in [0.29, 0.717) is 0 Å². The number of likely N-dealkylation sites (tertiary alicyclic amines) is 1. The molecule has 1 nitrogen and oxygen atoms in total. The number of nitrogens with zero attached hydrogens (tertiary/aromatic N) is 1. The summed E-state index contributed by atoms with van der Waals surface area (Å²) in [4.78, 5) is -4.79. The Labute approximate surface area is 164 Å². The van der Waals surface area contributed by atoms with E-state index in [1.165, 1.54) is 0 Å². The summed E-state index contributed by atoms with van der Waals surface area (Å²) in [5, 5.41) is 0. The van der Waals surface area contributed by atoms with Crippen LogP contribution in [0.4, 0.5) is 92.2 Å². The molecule has 0 N–H and O–H groups in total. The third-order valence-electron chi connectivity index (χ3n) is 4.90. The van der Waals surface area contributed by atoms with Gasteiger partial charge in [0.25, 0.3) is 0 Å². The van der Waals surface area contributed by atoms with E-state index in [1.807, 2.05) is 0 Å². The van der Waals surface area contributed by atoms with Crippen LogP contribution in [0.25, 0.3) is 0 Å². The highest BCUT2D eigenvalue weighted by Crippen LogP contribution is 2.77. The minimum Gasteiger partial charge on any atom is -0.219 e. The van der Waals surface area contributed by atoms with E-state index in [1.54, 1.807) is 0 Å². The van der Waals surface area contributed by atoms with Crippen molar-refractivity contribution in [1.29, 1.82) is 0 Å². The third kappa shape index (κ3) is 2.18. The number of hydrogen-bond acceptors (Lipinski definition) is 1. The van der Waals surface area contributed by atoms with Crippen molar-refractivity contribution in [3.8, 4) is 0 Å². The standard InChI is InChI=1S/C11F21N/c12-1(9(26,27)28)2(13,14)4(17,18)8(25,5(19,20)3(1,15)16)33-10(29,30)6(21,22)7(23,24)11(33,31)32. The summed E-state index contributed by atoms with van der Waals surface area (Å²) < 4.78 is 282. The zero-order valence-corrected chi connectivity index (χ0v) is 13.9. The van der Waals surface area contributed by atoms with Crippen molar-refractivity contribution < 1.29 is 92.2 Å². The molecule has 0 spiro atoms. The zero-order chi connectivity index (χ0) is 27.1. The van der Waals surface area contributed by atoms with E-state index in [-0.39, 0.29) is 0 Å². The molecule has 0 amide bonds. The Morgan fingerprint density at radius 1 is 0.364 bits per heavy atom. The molecule has 2 rings (SSSR count). The second-order valence-corrected chi connectivity index (χ2v) is 6.64. The molecule has 196 valence electrons. The Bertz CT molecular complexity index is 780. The maximum absolute atomic E-state index is 14.5. The van der Waals surface area contributed by atoms with E-state index in [2.05, 4.69) is 0 Å². The fraction of sp³-hybridized carbons (Fsp3) is 1.00. The molecule has 0 aromatic rings. The maximum atomic E-state index is 14.5. The molecule has 1 aliphatic carbocycles. The molecule has 0 radical (unpaired) electrons. The van der Waals surface area contributed by atoms with Crippen LogP contribution in [0, 0.1) is 0 Å². The van der Waals surface area contributed by atoms with Gasteiger partial charge in [0, 0.05) is 0 Å². The lowest BCUT2D eigenvalue weighted by molar-refractivity contribution is -0.535. The number of hydrogen-bond donors (Lipinski definition) is 0. The van der Waals surface area contributed by atoms with Crippen molar-refractivity contribution >= 4 is 0 Å². The van der Waals surface area contributed by atoms with Gasteiger partial charge in [-0.3, -0.25) is 0 Å². The van der Waals surface area contributed by atoms with Crippen LogP contribution < -0.4 is 0 Å². The molecular formula is C11F21N. The average molecular weight is 545 g/mol. The fourth-order valence-corrected chi connectivity index (χ4v) is 3.10. The minimum absolute atomic E-state index is 4.79. The second kappa shape index (κ2) is 5.82. The number of rotatable bonds is 1. The summed E-state index contributed by atoms with van der Waals surface area (Å²) in [6.45, 7) is 0. The normalized spacial score (nSPS) is 39.9. The molecule has 1 saturated carbocycles. The molecule has 22 heteroatoms. The molecule has 2 aliphatic rings. The van der Waals surface area contributed by atoms with Gasteiger partial charge in [0.1, 0.15) is 0 Å². The van der Waals surface area contributed by atoms with Gasteiger partial charge < -0.3 is 0 Å². The number of halogens is 21. The second-order valence-electron chi connectivity index (χ2n) is 6.64. The van der Waals surface area contributed by atoms with Crippen LogP contribution in [0.5, 0.6) is 0 Å². The predicted octanol–water partition coefficient (Wildman–Crippen LogP) is 6.25. The van der Waals surface area contributed by atoms with Crippen molar-refractivity contribution in [2.45, 2.75) is 65.3 Å². The molecule has 33 heavy (non-hydrogen) atoms. The molecule has 0 unspecified atom stereocenters. The maximum Gasteiger partial charge on any atom is 0.435 e. The molecule has 0 bridgehead atoms. The highest BCUT2D eigenvalue weighted by molar-refractivity contribution is 5.33. The largest absolute Gasteiger partial charge is 0.435 e. The fourth-order valence-electron chi connectivity index (χ4n) is 3.10. The quantitative estimate of drug-likeness (QED) is 0.279. The molecular weight excluding hydrogens is 545 g/mol. The van der Waals surface area contributed by atoms with E-state index >= 15 is 0 Å². The summed E-state index contributed by atoms with van der Waals surface area (Å²) in [5.41, 5.74) is -8.65. The predicted molar refractivity (Wildman–Crippen MR) is 55.1 cm³/mol. The molecule has 1 saturated heterocycles. The first-order chi connectivity index (χ1) is 13.9. The summed E-state index contributed by atoms with van der Waals surface area (Å²) in [5.74, 6) is -60.3. The van der Waals surface area contributed by atoms with E-state index in [9.17, 15) is 92.2 Å². The van der Waals surface area contributed by atoms with Gasteiger partial charge in [0.15, 0.2) is 0 Å². The average Bonchev–Trinajstić information content (AvgIpc) is 2.63. The van der Waals surface area contributed by atoms with Crippen LogP contribution in [0.3, 0.4) is 0 Å². The smallest absolute Gasteiger partial charge is 0.219 e. The topological polar surface area (TPSA) is 3.24 Å². The van der Waals surface area contributed by atoms with Crippen LogP contribution in [0.2, 0.25) is 0 Å². The van der Waals surface area contributed by atoms with Crippen LogP contribution in [-0.2, 0) is 0 Å². The third-order valence-corrected chi connectivity index (χ3v) is 4.90. The SMILES string of the molecule is FC(F)(F)C1(F)C(F)(F)C(F)(F)C(F)(N2C(F)(F)C(F)(F)C(F)(F)C2(F)F)C(F)(F)C1(F)F. The van der Waals surface area contributed by atoms with Crippen LogP contribution in [0.15, 0.2) is 0 Å². The lowest BCUT2D eigenvalue weighted by Gasteiger charge is -2.57. The monoisotopic (exact) mass is 545 g/mol. The summed E-state index contributed by atoms with van der Waals surface area (Å²) >= 11 is 0. The first-order valence-corrected chi connectivity index (χ1v) is 7.14. The van der Waals surface area contributed by atoms with Crippen LogP contribution in [0.1, 0.15) is 0 Å². The Kier molecular flexibility index (Phi) is 4.89. The van der Waals surface area contributed by atoms with Gasteiger partial charge in [-0.25, -0.2) is 8.78 Å². The Morgan fingerprint density at radius 2 is 0.606 bits per heavy atom. The van der Waals surface area contributed by atoms with Gasteiger partial charge in [-0.2, -0.15) is 83.4 Å². The zero-order valence-electron chi connectivity index (χ0n) is 13.9. The lowest BCUT2D eigenvalue weighted by atomic mass is 9.69. The van der Waals surface area contributed by atoms with Crippen molar-refractivity contribution in [2.75, 3.05) is 0 Å².